The third kappa shape index (κ3) is 3.43. The number of hydrogen-bond acceptors (Lipinski definition) is 3. The molecule has 0 aliphatic heterocycles. The molecule has 1 N–H and O–H groups in total. The summed E-state index contributed by atoms with van der Waals surface area (Å²) in [5.74, 6) is -0.496. The molecule has 6 heteroatoms. The Morgan fingerprint density at radius 2 is 1.65 bits per heavy atom. The average Bonchev–Trinajstić information content (AvgIpc) is 3.16. The number of carbonyl (C=O) groups is 1. The van der Waals surface area contributed by atoms with Crippen LogP contribution in [0.5, 0.6) is 5.75 Å². The van der Waals surface area contributed by atoms with E-state index in [1.54, 1.807) is 11.3 Å². The molecule has 1 heterocycles. The molecule has 0 fully saturated rings. The molecular formula is C25H16Br2O3S. The van der Waals surface area contributed by atoms with E-state index in [2.05, 4.69) is 68.3 Å². The smallest absolute Gasteiger partial charge is 0.344 e. The van der Waals surface area contributed by atoms with Gasteiger partial charge in [-0.2, -0.15) is 0 Å². The van der Waals surface area contributed by atoms with Crippen LogP contribution >= 0.6 is 43.2 Å². The van der Waals surface area contributed by atoms with Crippen LogP contribution in [0.2, 0.25) is 0 Å². The summed E-state index contributed by atoms with van der Waals surface area (Å²) < 4.78 is 9.96. The van der Waals surface area contributed by atoms with E-state index in [1.807, 2.05) is 30.3 Å². The Morgan fingerprint density at radius 3 is 2.39 bits per heavy atom. The molecule has 0 bridgehead atoms. The minimum absolute atomic E-state index is 0.507. The second kappa shape index (κ2) is 7.93. The highest BCUT2D eigenvalue weighted by molar-refractivity contribution is 9.11. The Hall–Kier alpha value is -2.41. The molecule has 3 nitrogen and oxygen atoms in total. The summed E-state index contributed by atoms with van der Waals surface area (Å²) in [6.07, 6.45) is -0.949. The Morgan fingerprint density at radius 1 is 0.968 bits per heavy atom. The Balaban J connectivity index is 1.88. The summed E-state index contributed by atoms with van der Waals surface area (Å²) in [6, 6.07) is 22.6. The highest BCUT2D eigenvalue weighted by Crippen LogP contribution is 2.49. The lowest BCUT2D eigenvalue weighted by molar-refractivity contribution is -0.144. The number of aliphatic carboxylic acids is 1. The lowest BCUT2D eigenvalue weighted by atomic mass is 9.93. The van der Waals surface area contributed by atoms with Crippen molar-refractivity contribution in [3.8, 4) is 16.9 Å². The topological polar surface area (TPSA) is 46.5 Å². The van der Waals surface area contributed by atoms with Crippen LogP contribution in [0.3, 0.4) is 0 Å². The fraction of sp³-hybridized carbons (Fsp3) is 0.0800. The first-order valence-electron chi connectivity index (χ1n) is 9.66. The number of hydrogen-bond donors (Lipinski definition) is 1. The first-order valence-corrected chi connectivity index (χ1v) is 12.1. The molecule has 5 aromatic rings. The summed E-state index contributed by atoms with van der Waals surface area (Å²) in [5.41, 5.74) is 2.10. The molecule has 0 radical (unpaired) electrons. The van der Waals surface area contributed by atoms with Gasteiger partial charge in [0.1, 0.15) is 5.75 Å². The van der Waals surface area contributed by atoms with Crippen LogP contribution < -0.4 is 4.74 Å². The zero-order valence-electron chi connectivity index (χ0n) is 16.4. The van der Waals surface area contributed by atoms with Gasteiger partial charge in [0.15, 0.2) is 6.10 Å². The number of ether oxygens (including phenoxy) is 1. The summed E-state index contributed by atoms with van der Waals surface area (Å²) in [5, 5.41) is 13.9. The van der Waals surface area contributed by atoms with Gasteiger partial charge in [-0.25, -0.2) is 4.79 Å². The van der Waals surface area contributed by atoms with Crippen LogP contribution in [0, 0.1) is 0 Å². The molecule has 0 aliphatic carbocycles. The van der Waals surface area contributed by atoms with Gasteiger partial charge in [0.05, 0.1) is 9.17 Å². The van der Waals surface area contributed by atoms with Crippen molar-refractivity contribution in [1.82, 2.24) is 0 Å². The number of thiophene rings is 1. The zero-order chi connectivity index (χ0) is 21.7. The largest absolute Gasteiger partial charge is 0.479 e. The van der Waals surface area contributed by atoms with Crippen LogP contribution in [-0.2, 0) is 4.79 Å². The van der Waals surface area contributed by atoms with Crippen LogP contribution in [0.15, 0.2) is 75.7 Å². The lowest BCUT2D eigenvalue weighted by Gasteiger charge is -2.16. The fourth-order valence-corrected chi connectivity index (χ4v) is 6.17. The van der Waals surface area contributed by atoms with E-state index in [1.165, 1.54) is 27.1 Å². The van der Waals surface area contributed by atoms with Gasteiger partial charge in [-0.3, -0.25) is 0 Å². The molecule has 0 saturated carbocycles. The predicted molar refractivity (Wildman–Crippen MR) is 135 cm³/mol. The first-order chi connectivity index (χ1) is 15.0. The molecule has 0 amide bonds. The molecule has 31 heavy (non-hydrogen) atoms. The van der Waals surface area contributed by atoms with Crippen molar-refractivity contribution in [2.75, 3.05) is 0 Å². The predicted octanol–water partition coefficient (Wildman–Crippen LogP) is 8.25. The number of carboxylic acid groups (broad SMARTS) is 1. The van der Waals surface area contributed by atoms with Crippen molar-refractivity contribution in [2.24, 2.45) is 0 Å². The average molecular weight is 556 g/mol. The lowest BCUT2D eigenvalue weighted by Crippen LogP contribution is -2.23. The van der Waals surface area contributed by atoms with Crippen molar-refractivity contribution in [1.29, 1.82) is 0 Å². The van der Waals surface area contributed by atoms with Crippen LogP contribution in [-0.4, -0.2) is 17.2 Å². The van der Waals surface area contributed by atoms with Gasteiger partial charge in [0.25, 0.3) is 0 Å². The van der Waals surface area contributed by atoms with Crippen LogP contribution in [0.1, 0.15) is 6.92 Å². The maximum atomic E-state index is 11.3. The Labute approximate surface area is 199 Å². The Kier molecular flexibility index (Phi) is 5.24. The van der Waals surface area contributed by atoms with Crippen molar-refractivity contribution in [3.63, 3.8) is 0 Å². The summed E-state index contributed by atoms with van der Waals surface area (Å²) in [4.78, 5) is 11.3. The van der Waals surface area contributed by atoms with E-state index in [0.29, 0.717) is 5.75 Å². The van der Waals surface area contributed by atoms with Crippen molar-refractivity contribution < 1.29 is 14.6 Å². The van der Waals surface area contributed by atoms with E-state index in [9.17, 15) is 9.90 Å². The van der Waals surface area contributed by atoms with E-state index in [4.69, 9.17) is 4.74 Å². The number of fused-ring (bicyclic) bond motifs is 4. The van der Waals surface area contributed by atoms with Crippen molar-refractivity contribution in [2.45, 2.75) is 13.0 Å². The number of benzene rings is 4. The second-order valence-corrected chi connectivity index (χ2v) is 9.98. The third-order valence-electron chi connectivity index (χ3n) is 5.35. The molecule has 0 aliphatic rings. The summed E-state index contributed by atoms with van der Waals surface area (Å²) in [6.45, 7) is 1.53. The first kappa shape index (κ1) is 20.5. The molecular weight excluding hydrogens is 540 g/mol. The summed E-state index contributed by atoms with van der Waals surface area (Å²) >= 11 is 9.12. The molecule has 1 atom stereocenters. The van der Waals surface area contributed by atoms with Gasteiger partial charge in [0, 0.05) is 19.9 Å². The van der Waals surface area contributed by atoms with Crippen LogP contribution in [0.25, 0.3) is 42.1 Å². The third-order valence-corrected chi connectivity index (χ3v) is 8.28. The highest BCUT2D eigenvalue weighted by Gasteiger charge is 2.20. The summed E-state index contributed by atoms with van der Waals surface area (Å²) in [7, 11) is 0. The van der Waals surface area contributed by atoms with E-state index in [-0.39, 0.29) is 0 Å². The number of halogens is 2. The van der Waals surface area contributed by atoms with Gasteiger partial charge in [-0.15, -0.1) is 11.3 Å². The van der Waals surface area contributed by atoms with Crippen molar-refractivity contribution >= 4 is 80.1 Å². The number of carboxylic acids is 1. The second-order valence-electron chi connectivity index (χ2n) is 7.28. The van der Waals surface area contributed by atoms with Gasteiger partial charge in [0.2, 0.25) is 0 Å². The standard InChI is InChI=1S/C25H16Br2O3S/c1-13(25(28)29)30-19-12-14(10-11-18(19)26)21-15-6-2-3-7-16(15)23(27)24-22(21)17-8-4-5-9-20(17)31-24/h2-13H,1H3,(H,28,29)/t13-/m1/s1. The van der Waals surface area contributed by atoms with Gasteiger partial charge >= 0.3 is 5.97 Å². The maximum Gasteiger partial charge on any atom is 0.344 e. The van der Waals surface area contributed by atoms with Gasteiger partial charge in [-0.05, 0) is 78.9 Å². The molecule has 4 aromatic carbocycles. The minimum atomic E-state index is -1.00. The molecule has 0 unspecified atom stereocenters. The fourth-order valence-electron chi connectivity index (χ4n) is 3.89. The zero-order valence-corrected chi connectivity index (χ0v) is 20.3. The molecule has 0 saturated heterocycles. The van der Waals surface area contributed by atoms with E-state index >= 15 is 0 Å². The van der Waals surface area contributed by atoms with Crippen molar-refractivity contribution in [3.05, 3.63) is 75.7 Å². The number of rotatable bonds is 4. The van der Waals surface area contributed by atoms with E-state index < -0.39 is 12.1 Å². The molecule has 154 valence electrons. The normalized spacial score (nSPS) is 12.5. The Bertz CT molecular complexity index is 1490. The van der Waals surface area contributed by atoms with E-state index in [0.717, 1.165) is 30.8 Å². The maximum absolute atomic E-state index is 11.3. The quantitative estimate of drug-likeness (QED) is 0.243. The monoisotopic (exact) mass is 554 g/mol. The van der Waals surface area contributed by atoms with Gasteiger partial charge in [-0.1, -0.05) is 48.5 Å². The van der Waals surface area contributed by atoms with Crippen LogP contribution in [0.4, 0.5) is 0 Å². The minimum Gasteiger partial charge on any atom is -0.479 e. The highest BCUT2D eigenvalue weighted by atomic mass is 79.9. The molecule has 5 rings (SSSR count). The molecule has 1 aromatic heterocycles. The SMILES string of the molecule is C[C@@H](Oc1cc(-c2c3ccccc3c(Br)c3sc4ccccc4c23)ccc1Br)C(=O)O. The van der Waals surface area contributed by atoms with Gasteiger partial charge < -0.3 is 9.84 Å². The molecule has 0 spiro atoms.